The third-order valence-corrected chi connectivity index (χ3v) is 7.62. The van der Waals surface area contributed by atoms with Gasteiger partial charge in [-0.25, -0.2) is 4.79 Å². The quantitative estimate of drug-likeness (QED) is 0.254. The van der Waals surface area contributed by atoms with E-state index in [2.05, 4.69) is 17.6 Å². The lowest BCUT2D eigenvalue weighted by atomic mass is 10.1. The average Bonchev–Trinajstić information content (AvgIpc) is 3.62. The zero-order chi connectivity index (χ0) is 29.1. The molecule has 0 radical (unpaired) electrons. The van der Waals surface area contributed by atoms with E-state index in [0.29, 0.717) is 44.3 Å². The fourth-order valence-corrected chi connectivity index (χ4v) is 5.44. The Morgan fingerprint density at radius 1 is 0.925 bits per heavy atom. The number of aliphatic carboxylic acids is 1. The van der Waals surface area contributed by atoms with Crippen LogP contribution in [0.15, 0.2) is 24.3 Å². The number of carbonyl (C=O) groups is 5. The number of nitrogens with one attached hydrogen (secondary N) is 2. The molecule has 0 spiro atoms. The van der Waals surface area contributed by atoms with Crippen molar-refractivity contribution in [3.05, 3.63) is 29.8 Å². The monoisotopic (exact) mass is 558 g/mol. The molecule has 0 aromatic heterocycles. The number of benzene rings is 1. The second kappa shape index (κ2) is 15.2. The second-order valence-corrected chi connectivity index (χ2v) is 10.6. The molecule has 11 nitrogen and oxygen atoms in total. The summed E-state index contributed by atoms with van der Waals surface area (Å²) in [6, 6.07) is 3.49. The van der Waals surface area contributed by atoms with E-state index in [0.717, 1.165) is 38.5 Å². The Labute approximate surface area is 235 Å². The zero-order valence-corrected chi connectivity index (χ0v) is 23.3. The molecule has 2 fully saturated rings. The molecule has 1 aromatic carbocycles. The van der Waals surface area contributed by atoms with Crippen molar-refractivity contribution in [1.29, 1.82) is 0 Å². The molecule has 2 aliphatic rings. The van der Waals surface area contributed by atoms with Crippen LogP contribution >= 0.6 is 0 Å². The van der Waals surface area contributed by atoms with Crippen molar-refractivity contribution in [3.63, 3.8) is 0 Å². The van der Waals surface area contributed by atoms with Crippen molar-refractivity contribution in [2.75, 3.05) is 19.6 Å². The minimum absolute atomic E-state index is 0.00948. The second-order valence-electron chi connectivity index (χ2n) is 10.6. The highest BCUT2D eigenvalue weighted by Crippen LogP contribution is 2.26. The maximum atomic E-state index is 13.4. The van der Waals surface area contributed by atoms with Crippen LogP contribution in [-0.2, 0) is 30.4 Å². The summed E-state index contributed by atoms with van der Waals surface area (Å²) < 4.78 is 0. The van der Waals surface area contributed by atoms with Gasteiger partial charge in [0.25, 0.3) is 0 Å². The van der Waals surface area contributed by atoms with Crippen molar-refractivity contribution < 1.29 is 34.2 Å². The van der Waals surface area contributed by atoms with Crippen LogP contribution in [0.25, 0.3) is 0 Å². The highest BCUT2D eigenvalue weighted by Gasteiger charge is 2.41. The van der Waals surface area contributed by atoms with Gasteiger partial charge in [0.2, 0.25) is 23.6 Å². The highest BCUT2D eigenvalue weighted by molar-refractivity contribution is 5.94. The molecule has 1 aromatic rings. The molecular formula is C29H42N4O7. The summed E-state index contributed by atoms with van der Waals surface area (Å²) >= 11 is 0. The Balaban J connectivity index is 1.50. The lowest BCUT2D eigenvalue weighted by Gasteiger charge is -2.31. The Morgan fingerprint density at radius 2 is 1.57 bits per heavy atom. The van der Waals surface area contributed by atoms with E-state index in [1.54, 1.807) is 17.0 Å². The van der Waals surface area contributed by atoms with Gasteiger partial charge in [-0.2, -0.15) is 0 Å². The van der Waals surface area contributed by atoms with Gasteiger partial charge in [0.1, 0.15) is 23.9 Å². The number of rotatable bonds is 14. The molecule has 3 rings (SSSR count). The van der Waals surface area contributed by atoms with Gasteiger partial charge in [-0.05, 0) is 49.8 Å². The fourth-order valence-electron chi connectivity index (χ4n) is 5.44. The Bertz CT molecular complexity index is 1050. The first-order chi connectivity index (χ1) is 19.2. The van der Waals surface area contributed by atoms with Crippen LogP contribution in [0.4, 0.5) is 0 Å². The number of carboxylic acids is 1. The van der Waals surface area contributed by atoms with E-state index in [1.165, 1.54) is 17.0 Å². The molecule has 40 heavy (non-hydrogen) atoms. The normalized spacial score (nSPS) is 19.3. The smallest absolute Gasteiger partial charge is 0.326 e. The largest absolute Gasteiger partial charge is 0.508 e. The first kappa shape index (κ1) is 30.9. The summed E-state index contributed by atoms with van der Waals surface area (Å²) in [4.78, 5) is 66.5. The zero-order valence-electron chi connectivity index (χ0n) is 23.3. The molecule has 0 aliphatic carbocycles. The number of hydrogen-bond acceptors (Lipinski definition) is 6. The summed E-state index contributed by atoms with van der Waals surface area (Å²) in [5.41, 5.74) is 0.616. The first-order valence-electron chi connectivity index (χ1n) is 14.4. The molecule has 11 heteroatoms. The summed E-state index contributed by atoms with van der Waals surface area (Å²) in [7, 11) is 0. The minimum Gasteiger partial charge on any atom is -0.508 e. The van der Waals surface area contributed by atoms with E-state index >= 15 is 0 Å². The maximum absolute atomic E-state index is 13.4. The Hall–Kier alpha value is -3.63. The number of nitrogens with zero attached hydrogens (tertiary/aromatic N) is 2. The Morgan fingerprint density at radius 3 is 2.25 bits per heavy atom. The van der Waals surface area contributed by atoms with Gasteiger partial charge >= 0.3 is 5.97 Å². The van der Waals surface area contributed by atoms with Crippen molar-refractivity contribution in [3.8, 4) is 5.75 Å². The molecule has 4 N–H and O–H groups in total. The molecule has 2 aliphatic heterocycles. The number of carboxylic acid groups (broad SMARTS) is 1. The van der Waals surface area contributed by atoms with Gasteiger partial charge in [0, 0.05) is 25.9 Å². The number of amides is 4. The molecule has 4 amide bonds. The van der Waals surface area contributed by atoms with Gasteiger partial charge in [-0.3, -0.25) is 19.2 Å². The van der Waals surface area contributed by atoms with Crippen LogP contribution in [0.5, 0.6) is 5.75 Å². The van der Waals surface area contributed by atoms with Crippen molar-refractivity contribution in [1.82, 2.24) is 20.4 Å². The van der Waals surface area contributed by atoms with Gasteiger partial charge in [-0.15, -0.1) is 0 Å². The first-order valence-corrected chi connectivity index (χ1v) is 14.4. The number of phenolic OH excluding ortho intramolecular Hbond substituents is 1. The standard InChI is InChI=1S/C29H42N4O7/c1-2-3-4-5-6-11-26(36)32-16-8-10-24(32)28(38)33-17-7-9-23(33)27(37)30-19-25(35)31-22(29(39)40)18-20-12-14-21(34)15-13-20/h12-15,22-24,34H,2-11,16-19H2,1H3,(H,30,37)(H,31,35)(H,39,40)/t22-,23-,24?/m0/s1. The molecule has 2 heterocycles. The number of unbranched alkanes of at least 4 members (excludes halogenated alkanes) is 4. The van der Waals surface area contributed by atoms with Crippen LogP contribution < -0.4 is 10.6 Å². The van der Waals surface area contributed by atoms with Crippen LogP contribution in [-0.4, -0.2) is 87.4 Å². The molecule has 3 atom stereocenters. The van der Waals surface area contributed by atoms with Gasteiger partial charge in [-0.1, -0.05) is 44.7 Å². The maximum Gasteiger partial charge on any atom is 0.326 e. The Kier molecular flexibility index (Phi) is 11.8. The predicted octanol–water partition coefficient (Wildman–Crippen LogP) is 1.96. The van der Waals surface area contributed by atoms with Crippen LogP contribution in [0.1, 0.15) is 76.7 Å². The SMILES string of the molecule is CCCCCCCC(=O)N1CCCC1C(=O)N1CCC[C@H]1C(=O)NCC(=O)N[C@@H](Cc1ccc(O)cc1)C(=O)O. The third-order valence-electron chi connectivity index (χ3n) is 7.62. The number of likely N-dealkylation sites (tertiary alicyclic amines) is 2. The topological polar surface area (TPSA) is 156 Å². The van der Waals surface area contributed by atoms with Crippen LogP contribution in [0.3, 0.4) is 0 Å². The lowest BCUT2D eigenvalue weighted by molar-refractivity contribution is -0.146. The average molecular weight is 559 g/mol. The number of hydrogen-bond donors (Lipinski definition) is 4. The molecule has 1 unspecified atom stereocenters. The molecule has 220 valence electrons. The van der Waals surface area contributed by atoms with Crippen molar-refractivity contribution in [2.24, 2.45) is 0 Å². The lowest BCUT2D eigenvalue weighted by Crippen LogP contribution is -2.54. The fraction of sp³-hybridized carbons (Fsp3) is 0.621. The van der Waals surface area contributed by atoms with E-state index in [1.807, 2.05) is 0 Å². The summed E-state index contributed by atoms with van der Waals surface area (Å²) in [6.07, 6.45) is 8.05. The predicted molar refractivity (Wildman–Crippen MR) is 147 cm³/mol. The van der Waals surface area contributed by atoms with Gasteiger partial charge < -0.3 is 30.6 Å². The summed E-state index contributed by atoms with van der Waals surface area (Å²) in [6.45, 7) is 2.67. The van der Waals surface area contributed by atoms with E-state index < -0.39 is 42.5 Å². The number of aromatic hydroxyl groups is 1. The molecule has 2 saturated heterocycles. The molecular weight excluding hydrogens is 516 g/mol. The number of carbonyl (C=O) groups excluding carboxylic acids is 4. The van der Waals surface area contributed by atoms with Crippen LogP contribution in [0, 0.1) is 0 Å². The number of phenols is 1. The summed E-state index contributed by atoms with van der Waals surface area (Å²) in [5, 5.41) is 23.9. The third kappa shape index (κ3) is 8.69. The highest BCUT2D eigenvalue weighted by atomic mass is 16.4. The van der Waals surface area contributed by atoms with E-state index in [9.17, 15) is 34.2 Å². The summed E-state index contributed by atoms with van der Waals surface area (Å²) in [5.74, 6) is -2.55. The van der Waals surface area contributed by atoms with Crippen molar-refractivity contribution in [2.45, 2.75) is 95.7 Å². The minimum atomic E-state index is -1.23. The van der Waals surface area contributed by atoms with Crippen LogP contribution in [0.2, 0.25) is 0 Å². The molecule has 0 bridgehead atoms. The van der Waals surface area contributed by atoms with Crippen molar-refractivity contribution >= 4 is 29.6 Å². The van der Waals surface area contributed by atoms with Gasteiger partial charge in [0.05, 0.1) is 6.54 Å². The van der Waals surface area contributed by atoms with Gasteiger partial charge in [0.15, 0.2) is 0 Å². The molecule has 0 saturated carbocycles. The van der Waals surface area contributed by atoms with E-state index in [4.69, 9.17) is 0 Å². The van der Waals surface area contributed by atoms with E-state index in [-0.39, 0.29) is 24.0 Å².